The second-order valence-corrected chi connectivity index (χ2v) is 9.20. The van der Waals surface area contributed by atoms with Crippen molar-refractivity contribution in [1.29, 1.82) is 0 Å². The van der Waals surface area contributed by atoms with Crippen LogP contribution in [0.1, 0.15) is 43.7 Å². The molecule has 0 aromatic heterocycles. The van der Waals surface area contributed by atoms with Gasteiger partial charge in [0.25, 0.3) is 11.8 Å². The zero-order valence-corrected chi connectivity index (χ0v) is 20.8. The van der Waals surface area contributed by atoms with Gasteiger partial charge in [-0.1, -0.05) is 74.5 Å². The summed E-state index contributed by atoms with van der Waals surface area (Å²) < 4.78 is 0. The largest absolute Gasteiger partial charge is 0.272 e. The lowest BCUT2D eigenvalue weighted by Crippen LogP contribution is -2.41. The predicted molar refractivity (Wildman–Crippen MR) is 144 cm³/mol. The fourth-order valence-corrected chi connectivity index (χ4v) is 5.35. The van der Waals surface area contributed by atoms with E-state index in [4.69, 9.17) is 10.2 Å². The van der Waals surface area contributed by atoms with Crippen LogP contribution in [-0.2, 0) is 9.59 Å². The van der Waals surface area contributed by atoms with E-state index in [1.807, 2.05) is 106 Å². The molecule has 6 nitrogen and oxygen atoms in total. The minimum atomic E-state index is -0.558. The SMILES string of the molecule is CCC1=NN(c2ccccc2)C(=O)C1C(c1ccccc1C)C1C(=O)N(c2ccccc2)N=C1CC. The molecule has 0 bridgehead atoms. The van der Waals surface area contributed by atoms with Gasteiger partial charge in [-0.25, -0.2) is 10.0 Å². The third-order valence-electron chi connectivity index (χ3n) is 7.12. The molecule has 0 fully saturated rings. The second-order valence-electron chi connectivity index (χ2n) is 9.20. The van der Waals surface area contributed by atoms with Crippen molar-refractivity contribution in [1.82, 2.24) is 0 Å². The molecule has 2 unspecified atom stereocenters. The van der Waals surface area contributed by atoms with Gasteiger partial charge in [0.05, 0.1) is 34.6 Å². The van der Waals surface area contributed by atoms with E-state index in [2.05, 4.69) is 0 Å². The average Bonchev–Trinajstić information content (AvgIpc) is 3.43. The summed E-state index contributed by atoms with van der Waals surface area (Å²) in [4.78, 5) is 28.1. The van der Waals surface area contributed by atoms with Crippen LogP contribution in [0.25, 0.3) is 0 Å². The van der Waals surface area contributed by atoms with E-state index in [-0.39, 0.29) is 11.8 Å². The molecule has 2 heterocycles. The van der Waals surface area contributed by atoms with E-state index in [0.717, 1.165) is 33.9 Å². The number of para-hydroxylation sites is 2. The van der Waals surface area contributed by atoms with Gasteiger partial charge < -0.3 is 0 Å². The Bertz CT molecular complexity index is 1250. The molecule has 36 heavy (non-hydrogen) atoms. The fraction of sp³-hybridized carbons (Fsp3) is 0.267. The third-order valence-corrected chi connectivity index (χ3v) is 7.12. The summed E-state index contributed by atoms with van der Waals surface area (Å²) in [5, 5.41) is 12.6. The van der Waals surface area contributed by atoms with Crippen molar-refractivity contribution in [2.75, 3.05) is 10.0 Å². The molecule has 3 aromatic rings. The number of carbonyl (C=O) groups is 2. The van der Waals surface area contributed by atoms with Gasteiger partial charge in [-0.05, 0) is 55.2 Å². The number of anilines is 2. The summed E-state index contributed by atoms with van der Waals surface area (Å²) in [6.45, 7) is 6.07. The van der Waals surface area contributed by atoms with Gasteiger partial charge >= 0.3 is 0 Å². The maximum absolute atomic E-state index is 14.1. The van der Waals surface area contributed by atoms with Crippen LogP contribution in [0.5, 0.6) is 0 Å². The lowest BCUT2D eigenvalue weighted by Gasteiger charge is -2.30. The molecule has 182 valence electrons. The molecule has 0 aliphatic carbocycles. The molecule has 3 aromatic carbocycles. The number of hydrazone groups is 2. The van der Waals surface area contributed by atoms with Crippen LogP contribution in [-0.4, -0.2) is 23.2 Å². The highest BCUT2D eigenvalue weighted by Crippen LogP contribution is 2.44. The summed E-state index contributed by atoms with van der Waals surface area (Å²) in [5.41, 5.74) is 5.07. The fourth-order valence-electron chi connectivity index (χ4n) is 5.35. The molecular weight excluding hydrogens is 448 g/mol. The van der Waals surface area contributed by atoms with Crippen LogP contribution < -0.4 is 10.0 Å². The number of nitrogens with zero attached hydrogens (tertiary/aromatic N) is 4. The summed E-state index contributed by atoms with van der Waals surface area (Å²) in [6, 6.07) is 27.0. The quantitative estimate of drug-likeness (QED) is 0.422. The van der Waals surface area contributed by atoms with Gasteiger partial charge in [0.2, 0.25) is 0 Å². The van der Waals surface area contributed by atoms with Gasteiger partial charge in [0.15, 0.2) is 0 Å². The van der Waals surface area contributed by atoms with E-state index in [1.54, 1.807) is 0 Å². The van der Waals surface area contributed by atoms with Gasteiger partial charge in [0, 0.05) is 5.92 Å². The van der Waals surface area contributed by atoms with Crippen molar-refractivity contribution in [2.45, 2.75) is 39.5 Å². The molecule has 2 amide bonds. The van der Waals surface area contributed by atoms with Crippen LogP contribution in [0.3, 0.4) is 0 Å². The standard InChI is InChI=1S/C30H30N4O2/c1-4-24-27(29(35)33(31-24)21-15-8-6-9-16-21)26(23-19-13-12-14-20(23)3)28-25(5-2)32-34(30(28)36)22-17-10-7-11-18-22/h6-19,26-28H,4-5H2,1-3H3. The Morgan fingerprint density at radius 3 is 1.50 bits per heavy atom. The van der Waals surface area contributed by atoms with Crippen LogP contribution in [0.4, 0.5) is 11.4 Å². The first kappa shape index (κ1) is 23.7. The summed E-state index contributed by atoms with van der Waals surface area (Å²) >= 11 is 0. The van der Waals surface area contributed by atoms with Crippen molar-refractivity contribution in [3.63, 3.8) is 0 Å². The van der Waals surface area contributed by atoms with E-state index in [9.17, 15) is 9.59 Å². The maximum Gasteiger partial charge on any atom is 0.256 e. The lowest BCUT2D eigenvalue weighted by atomic mass is 9.70. The van der Waals surface area contributed by atoms with Crippen molar-refractivity contribution >= 4 is 34.6 Å². The summed E-state index contributed by atoms with van der Waals surface area (Å²) in [6.07, 6.45) is 1.23. The second kappa shape index (κ2) is 9.90. The summed E-state index contributed by atoms with van der Waals surface area (Å²) in [7, 11) is 0. The minimum Gasteiger partial charge on any atom is -0.272 e. The van der Waals surface area contributed by atoms with E-state index >= 15 is 0 Å². The highest BCUT2D eigenvalue weighted by atomic mass is 16.2. The number of aryl methyl sites for hydroxylation is 1. The van der Waals surface area contributed by atoms with Crippen molar-refractivity contribution < 1.29 is 9.59 Å². The molecular formula is C30H30N4O2. The van der Waals surface area contributed by atoms with Gasteiger partial charge in [0.1, 0.15) is 0 Å². The monoisotopic (exact) mass is 478 g/mol. The van der Waals surface area contributed by atoms with Crippen LogP contribution in [0.2, 0.25) is 0 Å². The lowest BCUT2D eigenvalue weighted by molar-refractivity contribution is -0.122. The van der Waals surface area contributed by atoms with Crippen molar-refractivity contribution in [3.05, 3.63) is 96.1 Å². The Hall–Kier alpha value is -4.06. The Kier molecular flexibility index (Phi) is 6.51. The Balaban J connectivity index is 1.63. The average molecular weight is 479 g/mol. The normalized spacial score (nSPS) is 20.5. The maximum atomic E-state index is 14.1. The third kappa shape index (κ3) is 4.02. The molecule has 0 radical (unpaired) electrons. The molecule has 0 spiro atoms. The molecule has 5 rings (SSSR count). The van der Waals surface area contributed by atoms with Gasteiger partial charge in [-0.3, -0.25) is 9.59 Å². The van der Waals surface area contributed by atoms with Crippen molar-refractivity contribution in [2.24, 2.45) is 22.0 Å². The van der Waals surface area contributed by atoms with E-state index in [0.29, 0.717) is 12.8 Å². The van der Waals surface area contributed by atoms with Crippen molar-refractivity contribution in [3.8, 4) is 0 Å². The van der Waals surface area contributed by atoms with Gasteiger partial charge in [-0.2, -0.15) is 10.2 Å². The molecule has 0 saturated carbocycles. The molecule has 2 aliphatic heterocycles. The number of amides is 2. The highest BCUT2D eigenvalue weighted by molar-refractivity contribution is 6.20. The summed E-state index contributed by atoms with van der Waals surface area (Å²) in [5.74, 6) is -1.73. The Labute approximate surface area is 211 Å². The molecule has 6 heteroatoms. The predicted octanol–water partition coefficient (Wildman–Crippen LogP) is 5.94. The first-order chi connectivity index (χ1) is 17.5. The molecule has 2 aliphatic rings. The first-order valence-corrected chi connectivity index (χ1v) is 12.5. The number of hydrogen-bond acceptors (Lipinski definition) is 4. The Morgan fingerprint density at radius 1 is 0.667 bits per heavy atom. The zero-order valence-electron chi connectivity index (χ0n) is 20.8. The highest BCUT2D eigenvalue weighted by Gasteiger charge is 2.51. The van der Waals surface area contributed by atoms with Gasteiger partial charge in [-0.15, -0.1) is 0 Å². The number of rotatable bonds is 7. The topological polar surface area (TPSA) is 65.3 Å². The molecule has 0 saturated heterocycles. The molecule has 0 N–H and O–H groups in total. The number of carbonyl (C=O) groups excluding carboxylic acids is 2. The van der Waals surface area contributed by atoms with Crippen LogP contribution >= 0.6 is 0 Å². The number of hydrogen-bond donors (Lipinski definition) is 0. The molecule has 2 atom stereocenters. The van der Waals surface area contributed by atoms with Crippen LogP contribution in [0.15, 0.2) is 95.1 Å². The first-order valence-electron chi connectivity index (χ1n) is 12.5. The number of benzene rings is 3. The smallest absolute Gasteiger partial charge is 0.256 e. The van der Waals surface area contributed by atoms with E-state index in [1.165, 1.54) is 10.0 Å². The minimum absolute atomic E-state index is 0.104. The van der Waals surface area contributed by atoms with E-state index < -0.39 is 17.8 Å². The van der Waals surface area contributed by atoms with Crippen LogP contribution in [0, 0.1) is 18.8 Å². The zero-order chi connectivity index (χ0) is 25.2. The Morgan fingerprint density at radius 2 is 1.08 bits per heavy atom.